The van der Waals surface area contributed by atoms with Crippen LogP contribution in [0.4, 0.5) is 0 Å². The molecule has 8 heteroatoms. The predicted molar refractivity (Wildman–Crippen MR) is 123 cm³/mol. The first-order valence-corrected chi connectivity index (χ1v) is 11.6. The van der Waals surface area contributed by atoms with Crippen LogP contribution in [0, 0.1) is 27.2 Å². The maximum absolute atomic E-state index is 12.7. The summed E-state index contributed by atoms with van der Waals surface area (Å²) < 4.78 is 17.6. The Balaban J connectivity index is 1.13. The van der Waals surface area contributed by atoms with E-state index in [0.29, 0.717) is 6.61 Å². The van der Waals surface area contributed by atoms with Crippen LogP contribution in [0.3, 0.4) is 0 Å². The fraction of sp³-hybridized carbons (Fsp3) is 0.292. The van der Waals surface area contributed by atoms with E-state index in [9.17, 15) is 9.59 Å². The third-order valence-corrected chi connectivity index (χ3v) is 7.40. The lowest BCUT2D eigenvalue weighted by molar-refractivity contribution is -0.140. The Kier molecular flexibility index (Phi) is 4.71. The normalized spacial score (nSPS) is 27.1. The van der Waals surface area contributed by atoms with Gasteiger partial charge in [-0.3, -0.25) is 9.59 Å². The highest BCUT2D eigenvalue weighted by Gasteiger charge is 2.59. The molecule has 0 radical (unpaired) electrons. The minimum atomic E-state index is -0.234. The number of nitrogens with zero attached hydrogens (tertiary/aromatic N) is 2. The van der Waals surface area contributed by atoms with Crippen LogP contribution in [0.1, 0.15) is 17.5 Å². The van der Waals surface area contributed by atoms with Gasteiger partial charge in [0.25, 0.3) is 11.8 Å². The number of rotatable bonds is 5. The smallest absolute Gasteiger partial charge is 0.254 e. The van der Waals surface area contributed by atoms with Crippen molar-refractivity contribution in [2.75, 3.05) is 6.79 Å². The summed E-state index contributed by atoms with van der Waals surface area (Å²) in [5.74, 6) is 1.76. The summed E-state index contributed by atoms with van der Waals surface area (Å²) in [6.45, 7) is 0.643. The Morgan fingerprint density at radius 3 is 2.53 bits per heavy atom. The van der Waals surface area contributed by atoms with Crippen LogP contribution in [-0.2, 0) is 16.2 Å². The molecule has 162 valence electrons. The Morgan fingerprint density at radius 1 is 1.03 bits per heavy atom. The summed E-state index contributed by atoms with van der Waals surface area (Å²) in [6, 6.07) is 11.4. The van der Waals surface area contributed by atoms with Gasteiger partial charge in [0.1, 0.15) is 12.4 Å². The Labute approximate surface area is 198 Å². The van der Waals surface area contributed by atoms with E-state index in [1.54, 1.807) is 6.21 Å². The molecule has 4 atom stereocenters. The van der Waals surface area contributed by atoms with Crippen LogP contribution >= 0.6 is 22.6 Å². The molecule has 2 heterocycles. The second kappa shape index (κ2) is 7.61. The van der Waals surface area contributed by atoms with Gasteiger partial charge in [0.05, 0.1) is 21.6 Å². The Bertz CT molecular complexity index is 1160. The number of carbonyl (C=O) groups is 2. The first-order chi connectivity index (χ1) is 15.6. The Hall–Kier alpha value is -2.88. The van der Waals surface area contributed by atoms with Crippen molar-refractivity contribution >= 4 is 40.6 Å². The molecule has 2 bridgehead atoms. The highest BCUT2D eigenvalue weighted by Crippen LogP contribution is 2.52. The molecular weight excluding hydrogens is 523 g/mol. The van der Waals surface area contributed by atoms with E-state index in [1.807, 2.05) is 36.4 Å². The van der Waals surface area contributed by atoms with Gasteiger partial charge < -0.3 is 14.2 Å². The van der Waals surface area contributed by atoms with Crippen LogP contribution in [0.25, 0.3) is 0 Å². The monoisotopic (exact) mass is 542 g/mol. The van der Waals surface area contributed by atoms with Gasteiger partial charge in [-0.05, 0) is 82.3 Å². The van der Waals surface area contributed by atoms with E-state index in [-0.39, 0.29) is 42.3 Å². The molecule has 7 nitrogen and oxygen atoms in total. The van der Waals surface area contributed by atoms with E-state index < -0.39 is 0 Å². The van der Waals surface area contributed by atoms with Crippen molar-refractivity contribution in [3.05, 3.63) is 63.2 Å². The maximum Gasteiger partial charge on any atom is 0.254 e. The molecule has 2 aromatic carbocycles. The number of benzene rings is 2. The SMILES string of the molecule is O=C1[C@@H]2[C@H](C(=O)N1N=Cc1ccc(OCc3ccc4c(c3)OCO4)c(I)c1)[C@H]1C=C[C@H]2C1. The second-order valence-electron chi connectivity index (χ2n) is 8.40. The van der Waals surface area contributed by atoms with Crippen molar-refractivity contribution in [1.29, 1.82) is 0 Å². The highest BCUT2D eigenvalue weighted by molar-refractivity contribution is 14.1. The molecule has 32 heavy (non-hydrogen) atoms. The fourth-order valence-corrected chi connectivity index (χ4v) is 5.73. The zero-order valence-electron chi connectivity index (χ0n) is 16.9. The molecule has 2 fully saturated rings. The lowest BCUT2D eigenvalue weighted by Crippen LogP contribution is -2.28. The van der Waals surface area contributed by atoms with Gasteiger partial charge in [-0.25, -0.2) is 0 Å². The van der Waals surface area contributed by atoms with Crippen molar-refractivity contribution < 1.29 is 23.8 Å². The summed E-state index contributed by atoms with van der Waals surface area (Å²) in [4.78, 5) is 25.5. The van der Waals surface area contributed by atoms with Crippen molar-refractivity contribution in [2.24, 2.45) is 28.8 Å². The summed E-state index contributed by atoms with van der Waals surface area (Å²) >= 11 is 2.20. The summed E-state index contributed by atoms with van der Waals surface area (Å²) in [7, 11) is 0. The van der Waals surface area contributed by atoms with E-state index in [4.69, 9.17) is 14.2 Å². The van der Waals surface area contributed by atoms with Crippen LogP contribution in [0.15, 0.2) is 53.7 Å². The van der Waals surface area contributed by atoms with Gasteiger partial charge in [-0.2, -0.15) is 10.1 Å². The summed E-state index contributed by atoms with van der Waals surface area (Å²) in [5.41, 5.74) is 1.78. The molecule has 0 unspecified atom stereocenters. The molecule has 6 rings (SSSR count). The number of hydrogen-bond acceptors (Lipinski definition) is 6. The summed E-state index contributed by atoms with van der Waals surface area (Å²) in [6.07, 6.45) is 6.63. The molecule has 4 aliphatic rings. The van der Waals surface area contributed by atoms with E-state index in [1.165, 1.54) is 0 Å². The molecule has 2 aliphatic heterocycles. The van der Waals surface area contributed by atoms with E-state index >= 15 is 0 Å². The summed E-state index contributed by atoms with van der Waals surface area (Å²) in [5, 5.41) is 5.31. The molecule has 2 amide bonds. The lowest BCUT2D eigenvalue weighted by Gasteiger charge is -2.13. The first-order valence-electron chi connectivity index (χ1n) is 10.5. The maximum atomic E-state index is 12.7. The number of carbonyl (C=O) groups excluding carboxylic acids is 2. The van der Waals surface area contributed by atoms with Gasteiger partial charge in [0.2, 0.25) is 6.79 Å². The minimum absolute atomic E-state index is 0.175. The number of imide groups is 1. The second-order valence-corrected chi connectivity index (χ2v) is 9.56. The van der Waals surface area contributed by atoms with Crippen molar-refractivity contribution in [1.82, 2.24) is 5.01 Å². The number of ether oxygens (including phenoxy) is 3. The largest absolute Gasteiger partial charge is 0.488 e. The van der Waals surface area contributed by atoms with Crippen LogP contribution in [-0.4, -0.2) is 29.8 Å². The van der Waals surface area contributed by atoms with Crippen LogP contribution in [0.2, 0.25) is 0 Å². The number of hydrogen-bond donors (Lipinski definition) is 0. The zero-order chi connectivity index (χ0) is 21.8. The molecule has 0 N–H and O–H groups in total. The number of allylic oxidation sites excluding steroid dienone is 2. The van der Waals surface area contributed by atoms with Crippen LogP contribution in [0.5, 0.6) is 17.2 Å². The van der Waals surface area contributed by atoms with Gasteiger partial charge in [0.15, 0.2) is 11.5 Å². The average Bonchev–Trinajstić information content (AvgIpc) is 3.56. The number of hydrazone groups is 1. The predicted octanol–water partition coefficient (Wildman–Crippen LogP) is 3.74. The standard InChI is InChI=1S/C24H19IN2O5/c25-17-7-13(1-5-18(17)30-11-14-2-6-19-20(8-14)32-12-31-19)10-26-27-23(28)21-15-3-4-16(9-15)22(21)24(27)29/h1-8,10,15-16,21-22H,9,11-12H2/t15-,16-,21-,22+/m0/s1. The first kappa shape index (κ1) is 19.8. The van der Waals surface area contributed by atoms with Crippen molar-refractivity contribution in [3.63, 3.8) is 0 Å². The number of amides is 2. The molecule has 1 saturated carbocycles. The van der Waals surface area contributed by atoms with E-state index in [0.717, 1.165) is 43.4 Å². The van der Waals surface area contributed by atoms with Gasteiger partial charge >= 0.3 is 0 Å². The molecule has 2 aliphatic carbocycles. The topological polar surface area (TPSA) is 77.4 Å². The molecule has 0 spiro atoms. The zero-order valence-corrected chi connectivity index (χ0v) is 19.1. The minimum Gasteiger partial charge on any atom is -0.488 e. The third-order valence-electron chi connectivity index (χ3n) is 6.56. The van der Waals surface area contributed by atoms with Gasteiger partial charge in [-0.15, -0.1) is 0 Å². The molecule has 0 aromatic heterocycles. The molecule has 1 saturated heterocycles. The lowest BCUT2D eigenvalue weighted by atomic mass is 9.85. The van der Waals surface area contributed by atoms with Gasteiger partial charge in [-0.1, -0.05) is 18.2 Å². The average molecular weight is 542 g/mol. The Morgan fingerprint density at radius 2 is 1.78 bits per heavy atom. The highest BCUT2D eigenvalue weighted by atomic mass is 127. The van der Waals surface area contributed by atoms with Crippen molar-refractivity contribution in [3.8, 4) is 17.2 Å². The number of halogens is 1. The van der Waals surface area contributed by atoms with Crippen LogP contribution < -0.4 is 14.2 Å². The van der Waals surface area contributed by atoms with Gasteiger partial charge in [0, 0.05) is 0 Å². The molecular formula is C24H19IN2O5. The third kappa shape index (κ3) is 3.19. The van der Waals surface area contributed by atoms with Crippen molar-refractivity contribution in [2.45, 2.75) is 13.0 Å². The number of fused-ring (bicyclic) bond motifs is 6. The van der Waals surface area contributed by atoms with E-state index in [2.05, 4.69) is 39.8 Å². The fourth-order valence-electron chi connectivity index (χ4n) is 5.03. The quantitative estimate of drug-likeness (QED) is 0.249. The molecule has 2 aromatic rings.